The normalized spacial score (nSPS) is 16.0. The predicted octanol–water partition coefficient (Wildman–Crippen LogP) is 3.47. The van der Waals surface area contributed by atoms with E-state index in [1.165, 1.54) is 5.56 Å². The Morgan fingerprint density at radius 3 is 2.04 bits per heavy atom. The zero-order valence-electron chi connectivity index (χ0n) is 13.1. The number of urea groups is 1. The molecule has 2 aromatic carbocycles. The third-order valence-electron chi connectivity index (χ3n) is 3.86. The molecule has 1 fully saturated rings. The van der Waals surface area contributed by atoms with Gasteiger partial charge in [0.2, 0.25) is 0 Å². The summed E-state index contributed by atoms with van der Waals surface area (Å²) in [5.74, 6) is -0.483. The molecule has 0 spiro atoms. The lowest BCUT2D eigenvalue weighted by atomic mass is 10.0. The second-order valence-electron chi connectivity index (χ2n) is 5.47. The first-order valence-corrected chi connectivity index (χ1v) is 8.05. The van der Waals surface area contributed by atoms with Crippen molar-refractivity contribution in [1.29, 1.82) is 0 Å². The molecule has 0 atom stereocenters. The summed E-state index contributed by atoms with van der Waals surface area (Å²) >= 11 is 5.05. The number of hydrogen-bond acceptors (Lipinski definition) is 3. The van der Waals surface area contributed by atoms with Gasteiger partial charge in [0.1, 0.15) is 4.99 Å². The molecular weight excluding hydrogens is 320 g/mol. The summed E-state index contributed by atoms with van der Waals surface area (Å²) < 4.78 is 0. The lowest BCUT2D eigenvalue weighted by Crippen LogP contribution is -2.50. The zero-order valence-corrected chi connectivity index (χ0v) is 13.9. The van der Waals surface area contributed by atoms with Crippen molar-refractivity contribution < 1.29 is 9.59 Å². The second-order valence-corrected chi connectivity index (χ2v) is 5.88. The Morgan fingerprint density at radius 2 is 1.50 bits per heavy atom. The molecule has 4 nitrogen and oxygen atoms in total. The lowest BCUT2D eigenvalue weighted by molar-refractivity contribution is -0.116. The van der Waals surface area contributed by atoms with Crippen LogP contribution in [0.25, 0.3) is 17.2 Å². The van der Waals surface area contributed by atoms with Gasteiger partial charge in [-0.25, -0.2) is 4.79 Å². The van der Waals surface area contributed by atoms with Crippen LogP contribution in [0.3, 0.4) is 0 Å². The fraction of sp³-hybridized carbons (Fsp3) is 0.105. The van der Waals surface area contributed by atoms with Gasteiger partial charge in [-0.1, -0.05) is 67.7 Å². The van der Waals surface area contributed by atoms with Gasteiger partial charge in [0.25, 0.3) is 5.91 Å². The summed E-state index contributed by atoms with van der Waals surface area (Å²) in [7, 11) is 0. The molecule has 1 saturated heterocycles. The fourth-order valence-electron chi connectivity index (χ4n) is 2.48. The molecule has 3 amide bonds. The molecule has 3 rings (SSSR count). The van der Waals surface area contributed by atoms with Gasteiger partial charge in [-0.15, -0.1) is 0 Å². The summed E-state index contributed by atoms with van der Waals surface area (Å²) in [4.78, 5) is 23.2. The summed E-state index contributed by atoms with van der Waals surface area (Å²) in [6.45, 7) is 2.13. The quantitative estimate of drug-likeness (QED) is 0.666. The topological polar surface area (TPSA) is 58.2 Å². The van der Waals surface area contributed by atoms with Crippen LogP contribution in [0.4, 0.5) is 4.79 Å². The fourth-order valence-corrected chi connectivity index (χ4v) is 2.72. The van der Waals surface area contributed by atoms with Crippen molar-refractivity contribution in [2.45, 2.75) is 13.3 Å². The third-order valence-corrected chi connectivity index (χ3v) is 4.18. The largest absolute Gasteiger partial charge is 0.326 e. The van der Waals surface area contributed by atoms with Gasteiger partial charge in [-0.2, -0.15) is 0 Å². The van der Waals surface area contributed by atoms with E-state index in [0.29, 0.717) is 0 Å². The highest BCUT2D eigenvalue weighted by Gasteiger charge is 2.24. The van der Waals surface area contributed by atoms with Gasteiger partial charge in [0.05, 0.1) is 5.57 Å². The molecule has 24 heavy (non-hydrogen) atoms. The molecular formula is C19H16N2O2S. The number of aryl methyl sites for hydroxylation is 1. The highest BCUT2D eigenvalue weighted by molar-refractivity contribution is 7.81. The van der Waals surface area contributed by atoms with Gasteiger partial charge in [-0.3, -0.25) is 15.4 Å². The smallest absolute Gasteiger partial charge is 0.298 e. The molecule has 120 valence electrons. The molecule has 1 aliphatic rings. The molecule has 1 heterocycles. The van der Waals surface area contributed by atoms with E-state index in [9.17, 15) is 9.59 Å². The number of carbonyl (C=O) groups is 2. The van der Waals surface area contributed by atoms with Crippen LogP contribution in [0.2, 0.25) is 0 Å². The molecule has 2 aromatic rings. The van der Waals surface area contributed by atoms with Gasteiger partial charge in [0.15, 0.2) is 0 Å². The molecule has 0 aliphatic carbocycles. The molecule has 0 unspecified atom stereocenters. The van der Waals surface area contributed by atoms with Crippen LogP contribution < -0.4 is 10.6 Å². The van der Waals surface area contributed by atoms with E-state index in [4.69, 9.17) is 12.2 Å². The highest BCUT2D eigenvalue weighted by Crippen LogP contribution is 2.21. The summed E-state index contributed by atoms with van der Waals surface area (Å²) in [6, 6.07) is 15.7. The SMILES string of the molecule is CCc1ccc(-c2ccc(/C=C3\C(=O)NC(=O)NC3=S)cc2)cc1. The van der Waals surface area contributed by atoms with Crippen molar-refractivity contribution in [2.75, 3.05) is 0 Å². The Hall–Kier alpha value is -2.79. The number of benzene rings is 2. The molecule has 1 aliphatic heterocycles. The number of thiocarbonyl (C=S) groups is 1. The Labute approximate surface area is 145 Å². The Balaban J connectivity index is 1.84. The van der Waals surface area contributed by atoms with Crippen LogP contribution in [0, 0.1) is 0 Å². The number of imide groups is 1. The first-order valence-electron chi connectivity index (χ1n) is 7.64. The Kier molecular flexibility index (Phi) is 4.53. The van der Waals surface area contributed by atoms with Crippen molar-refractivity contribution in [1.82, 2.24) is 10.6 Å². The Bertz CT molecular complexity index is 815. The monoisotopic (exact) mass is 336 g/mol. The van der Waals surface area contributed by atoms with Crippen LogP contribution >= 0.6 is 12.2 Å². The average molecular weight is 336 g/mol. The molecule has 0 aromatic heterocycles. The summed E-state index contributed by atoms with van der Waals surface area (Å²) in [5, 5.41) is 4.60. The van der Waals surface area contributed by atoms with E-state index in [-0.39, 0.29) is 10.6 Å². The number of carbonyl (C=O) groups excluding carboxylic acids is 2. The minimum Gasteiger partial charge on any atom is -0.298 e. The van der Waals surface area contributed by atoms with Crippen molar-refractivity contribution in [3.63, 3.8) is 0 Å². The predicted molar refractivity (Wildman–Crippen MR) is 98.5 cm³/mol. The maximum atomic E-state index is 11.8. The Morgan fingerprint density at radius 1 is 0.917 bits per heavy atom. The van der Waals surface area contributed by atoms with Crippen molar-refractivity contribution >= 4 is 35.2 Å². The van der Waals surface area contributed by atoms with Crippen molar-refractivity contribution in [3.05, 3.63) is 65.2 Å². The van der Waals surface area contributed by atoms with Crippen LogP contribution in [0.15, 0.2) is 54.1 Å². The number of amides is 3. The molecule has 0 bridgehead atoms. The molecule has 2 N–H and O–H groups in total. The molecule has 0 saturated carbocycles. The second kappa shape index (κ2) is 6.76. The maximum Gasteiger partial charge on any atom is 0.326 e. The van der Waals surface area contributed by atoms with E-state index >= 15 is 0 Å². The summed E-state index contributed by atoms with van der Waals surface area (Å²) in [6.07, 6.45) is 2.69. The van der Waals surface area contributed by atoms with Crippen molar-refractivity contribution in [3.8, 4) is 11.1 Å². The standard InChI is InChI=1S/C19H16N2O2S/c1-2-12-3-7-14(8-4-12)15-9-5-13(6-10-15)11-16-17(22)20-19(23)21-18(16)24/h3-11H,2H2,1H3,(H2,20,21,22,23,24)/b16-11+. The first-order chi connectivity index (χ1) is 11.6. The lowest BCUT2D eigenvalue weighted by Gasteiger charge is -2.16. The van der Waals surface area contributed by atoms with E-state index in [1.54, 1.807) is 6.08 Å². The van der Waals surface area contributed by atoms with Crippen LogP contribution in [0.5, 0.6) is 0 Å². The third kappa shape index (κ3) is 3.41. The average Bonchev–Trinajstić information content (AvgIpc) is 2.59. The van der Waals surface area contributed by atoms with Crippen LogP contribution in [0.1, 0.15) is 18.1 Å². The highest BCUT2D eigenvalue weighted by atomic mass is 32.1. The maximum absolute atomic E-state index is 11.8. The van der Waals surface area contributed by atoms with Crippen LogP contribution in [-0.4, -0.2) is 16.9 Å². The first kappa shape index (κ1) is 16.1. The number of nitrogens with one attached hydrogen (secondary N) is 2. The van der Waals surface area contributed by atoms with E-state index < -0.39 is 11.9 Å². The minimum absolute atomic E-state index is 0.142. The van der Waals surface area contributed by atoms with Crippen molar-refractivity contribution in [2.24, 2.45) is 0 Å². The molecule has 0 radical (unpaired) electrons. The zero-order chi connectivity index (χ0) is 17.1. The summed E-state index contributed by atoms with van der Waals surface area (Å²) in [5.41, 5.74) is 4.67. The minimum atomic E-state index is -0.590. The number of hydrogen-bond donors (Lipinski definition) is 2. The van der Waals surface area contributed by atoms with E-state index in [2.05, 4.69) is 41.8 Å². The molecule has 5 heteroatoms. The van der Waals surface area contributed by atoms with E-state index in [0.717, 1.165) is 23.1 Å². The van der Waals surface area contributed by atoms with E-state index in [1.807, 2.05) is 24.3 Å². The number of rotatable bonds is 3. The van der Waals surface area contributed by atoms with Gasteiger partial charge >= 0.3 is 6.03 Å². The van der Waals surface area contributed by atoms with Gasteiger partial charge in [0, 0.05) is 0 Å². The van der Waals surface area contributed by atoms with Crippen LogP contribution in [-0.2, 0) is 11.2 Å². The van der Waals surface area contributed by atoms with Gasteiger partial charge in [-0.05, 0) is 34.8 Å². The van der Waals surface area contributed by atoms with Gasteiger partial charge < -0.3 is 0 Å².